The molecule has 5 nitrogen and oxygen atoms in total. The number of rotatable bonds is 8. The summed E-state index contributed by atoms with van der Waals surface area (Å²) in [7, 11) is 0. The van der Waals surface area contributed by atoms with Crippen LogP contribution in [0.15, 0.2) is 54.6 Å². The molecule has 2 rings (SSSR count). The molecule has 0 saturated carbocycles. The maximum absolute atomic E-state index is 11.8. The van der Waals surface area contributed by atoms with E-state index in [4.69, 9.17) is 16.2 Å². The van der Waals surface area contributed by atoms with Crippen LogP contribution in [-0.4, -0.2) is 11.8 Å². The molecular formula is C18H20N2O3. The van der Waals surface area contributed by atoms with Crippen LogP contribution in [0.3, 0.4) is 0 Å². The van der Waals surface area contributed by atoms with E-state index in [1.807, 2.05) is 42.5 Å². The summed E-state index contributed by atoms with van der Waals surface area (Å²) in [5.41, 5.74) is 12.4. The van der Waals surface area contributed by atoms with Gasteiger partial charge in [0.05, 0.1) is 5.92 Å². The summed E-state index contributed by atoms with van der Waals surface area (Å²) in [6.07, 6.45) is 0.372. The average Bonchev–Trinajstić information content (AvgIpc) is 2.54. The van der Waals surface area contributed by atoms with Crippen LogP contribution in [0.4, 0.5) is 0 Å². The molecule has 0 radical (unpaired) electrons. The zero-order valence-electron chi connectivity index (χ0n) is 12.8. The molecule has 0 aliphatic carbocycles. The first-order valence-electron chi connectivity index (χ1n) is 7.41. The second kappa shape index (κ2) is 7.98. The Morgan fingerprint density at radius 1 is 0.957 bits per heavy atom. The van der Waals surface area contributed by atoms with E-state index < -0.39 is 17.7 Å². The van der Waals surface area contributed by atoms with Crippen LogP contribution < -0.4 is 16.2 Å². The number of para-hydroxylation sites is 1. The number of benzene rings is 2. The van der Waals surface area contributed by atoms with Gasteiger partial charge in [-0.1, -0.05) is 48.5 Å². The van der Waals surface area contributed by atoms with Crippen LogP contribution in [0.2, 0.25) is 0 Å². The highest BCUT2D eigenvalue weighted by Gasteiger charge is 2.22. The van der Waals surface area contributed by atoms with Crippen molar-refractivity contribution in [3.63, 3.8) is 0 Å². The molecule has 2 amide bonds. The van der Waals surface area contributed by atoms with Gasteiger partial charge in [0, 0.05) is 12.0 Å². The molecule has 4 N–H and O–H groups in total. The molecule has 23 heavy (non-hydrogen) atoms. The zero-order chi connectivity index (χ0) is 16.7. The fourth-order valence-electron chi connectivity index (χ4n) is 2.37. The summed E-state index contributed by atoms with van der Waals surface area (Å²) in [5, 5.41) is 0. The van der Waals surface area contributed by atoms with E-state index >= 15 is 0 Å². The number of carbonyl (C=O) groups is 2. The van der Waals surface area contributed by atoms with Crippen LogP contribution in [0.5, 0.6) is 5.75 Å². The van der Waals surface area contributed by atoms with E-state index in [0.717, 1.165) is 5.56 Å². The Balaban J connectivity index is 2.17. The zero-order valence-corrected chi connectivity index (χ0v) is 12.8. The molecule has 0 aliphatic heterocycles. The number of ether oxygens (including phenoxy) is 1. The van der Waals surface area contributed by atoms with Crippen molar-refractivity contribution in [2.24, 2.45) is 11.5 Å². The molecule has 0 aliphatic rings. The van der Waals surface area contributed by atoms with E-state index in [9.17, 15) is 9.59 Å². The molecule has 1 atom stereocenters. The van der Waals surface area contributed by atoms with Crippen LogP contribution in [0, 0.1) is 0 Å². The van der Waals surface area contributed by atoms with Crippen molar-refractivity contribution < 1.29 is 14.3 Å². The predicted molar refractivity (Wildman–Crippen MR) is 87.6 cm³/mol. The number of primary amides is 2. The lowest BCUT2D eigenvalue weighted by molar-refractivity contribution is -0.120. The highest BCUT2D eigenvalue weighted by Crippen LogP contribution is 2.30. The third-order valence-corrected chi connectivity index (χ3v) is 3.55. The Kier molecular flexibility index (Phi) is 5.74. The quantitative estimate of drug-likeness (QED) is 0.781. The minimum Gasteiger partial charge on any atom is -0.489 e. The fraction of sp³-hybridized carbons (Fsp3) is 0.222. The second-order valence-electron chi connectivity index (χ2n) is 5.27. The minimum atomic E-state index is -0.602. The van der Waals surface area contributed by atoms with Crippen molar-refractivity contribution in [1.82, 2.24) is 0 Å². The lowest BCUT2D eigenvalue weighted by Gasteiger charge is -2.17. The molecule has 0 bridgehead atoms. The molecule has 1 unspecified atom stereocenters. The maximum Gasteiger partial charge on any atom is 0.225 e. The van der Waals surface area contributed by atoms with Crippen molar-refractivity contribution in [3.05, 3.63) is 65.7 Å². The van der Waals surface area contributed by atoms with Gasteiger partial charge in [-0.2, -0.15) is 0 Å². The summed E-state index contributed by atoms with van der Waals surface area (Å²) in [4.78, 5) is 22.7. The van der Waals surface area contributed by atoms with Crippen molar-refractivity contribution in [1.29, 1.82) is 0 Å². The summed E-state index contributed by atoms with van der Waals surface area (Å²) in [5.74, 6) is -0.972. The predicted octanol–water partition coefficient (Wildman–Crippen LogP) is 2.10. The lowest BCUT2D eigenvalue weighted by atomic mass is 9.92. The Hall–Kier alpha value is -2.82. The first kappa shape index (κ1) is 16.5. The van der Waals surface area contributed by atoms with E-state index in [2.05, 4.69) is 0 Å². The third-order valence-electron chi connectivity index (χ3n) is 3.55. The van der Waals surface area contributed by atoms with Crippen LogP contribution >= 0.6 is 0 Å². The highest BCUT2D eigenvalue weighted by atomic mass is 16.5. The van der Waals surface area contributed by atoms with Crippen LogP contribution in [0.1, 0.15) is 29.9 Å². The standard InChI is InChI=1S/C18H20N2O3/c19-17(21)11-10-15(18(20)22)14-8-4-5-9-16(14)23-12-13-6-2-1-3-7-13/h1-9,15H,10-12H2,(H2,19,21)(H2,20,22). The topological polar surface area (TPSA) is 95.4 Å². The van der Waals surface area contributed by atoms with Gasteiger partial charge in [-0.25, -0.2) is 0 Å². The van der Waals surface area contributed by atoms with Gasteiger partial charge < -0.3 is 16.2 Å². The van der Waals surface area contributed by atoms with Gasteiger partial charge in [0.2, 0.25) is 11.8 Å². The van der Waals surface area contributed by atoms with E-state index in [1.165, 1.54) is 0 Å². The molecule has 0 saturated heterocycles. The van der Waals surface area contributed by atoms with Gasteiger partial charge in [0.15, 0.2) is 0 Å². The second-order valence-corrected chi connectivity index (χ2v) is 5.27. The highest BCUT2D eigenvalue weighted by molar-refractivity contribution is 5.84. The fourth-order valence-corrected chi connectivity index (χ4v) is 2.37. The third kappa shape index (κ3) is 4.85. The van der Waals surface area contributed by atoms with Crippen molar-refractivity contribution in [2.75, 3.05) is 0 Å². The number of amides is 2. The normalized spacial score (nSPS) is 11.7. The average molecular weight is 312 g/mol. The van der Waals surface area contributed by atoms with Crippen molar-refractivity contribution in [3.8, 4) is 5.75 Å². The monoisotopic (exact) mass is 312 g/mol. The first-order chi connectivity index (χ1) is 11.1. The Bertz CT molecular complexity index is 671. The molecule has 120 valence electrons. The Morgan fingerprint density at radius 3 is 2.26 bits per heavy atom. The summed E-state index contributed by atoms with van der Waals surface area (Å²) in [6.45, 7) is 0.388. The molecule has 2 aromatic rings. The number of carbonyl (C=O) groups excluding carboxylic acids is 2. The lowest BCUT2D eigenvalue weighted by Crippen LogP contribution is -2.24. The van der Waals surface area contributed by atoms with Gasteiger partial charge in [0.1, 0.15) is 12.4 Å². The molecule has 0 heterocycles. The minimum absolute atomic E-state index is 0.0978. The molecule has 0 fully saturated rings. The van der Waals surface area contributed by atoms with Gasteiger partial charge in [-0.15, -0.1) is 0 Å². The van der Waals surface area contributed by atoms with Crippen molar-refractivity contribution in [2.45, 2.75) is 25.4 Å². The van der Waals surface area contributed by atoms with Gasteiger partial charge in [-0.3, -0.25) is 9.59 Å². The Labute approximate surface area is 135 Å². The van der Waals surface area contributed by atoms with E-state index in [0.29, 0.717) is 17.9 Å². The molecule has 5 heteroatoms. The van der Waals surface area contributed by atoms with Gasteiger partial charge in [0.25, 0.3) is 0 Å². The Morgan fingerprint density at radius 2 is 1.61 bits per heavy atom. The molecule has 0 aromatic heterocycles. The molecular weight excluding hydrogens is 292 g/mol. The van der Waals surface area contributed by atoms with Crippen LogP contribution in [-0.2, 0) is 16.2 Å². The summed E-state index contributed by atoms with van der Waals surface area (Å²) >= 11 is 0. The van der Waals surface area contributed by atoms with E-state index in [-0.39, 0.29) is 12.8 Å². The van der Waals surface area contributed by atoms with Gasteiger partial charge >= 0.3 is 0 Å². The smallest absolute Gasteiger partial charge is 0.225 e. The number of hydrogen-bond donors (Lipinski definition) is 2. The molecule has 2 aromatic carbocycles. The molecule has 0 spiro atoms. The maximum atomic E-state index is 11.8. The summed E-state index contributed by atoms with van der Waals surface area (Å²) < 4.78 is 5.84. The van der Waals surface area contributed by atoms with Crippen LogP contribution in [0.25, 0.3) is 0 Å². The largest absolute Gasteiger partial charge is 0.489 e. The van der Waals surface area contributed by atoms with Crippen molar-refractivity contribution >= 4 is 11.8 Å². The van der Waals surface area contributed by atoms with Gasteiger partial charge in [-0.05, 0) is 18.1 Å². The first-order valence-corrected chi connectivity index (χ1v) is 7.41. The number of nitrogens with two attached hydrogens (primary N) is 2. The summed E-state index contributed by atoms with van der Waals surface area (Å²) in [6, 6.07) is 16.9. The number of hydrogen-bond acceptors (Lipinski definition) is 3. The van der Waals surface area contributed by atoms with E-state index in [1.54, 1.807) is 12.1 Å². The SMILES string of the molecule is NC(=O)CCC(C(N)=O)c1ccccc1OCc1ccccc1.